The number of hydrogen-bond donors (Lipinski definition) is 2. The number of pyridine rings is 1. The first-order chi connectivity index (χ1) is 10.3. The Morgan fingerprint density at radius 3 is 2.26 bits per heavy atom. The van der Waals surface area contributed by atoms with E-state index in [1.165, 1.54) is 18.3 Å². The Morgan fingerprint density at radius 1 is 1.17 bits per heavy atom. The van der Waals surface area contributed by atoms with Gasteiger partial charge < -0.3 is 11.1 Å². The molecule has 0 radical (unpaired) electrons. The second kappa shape index (κ2) is 7.42. The van der Waals surface area contributed by atoms with E-state index in [4.69, 9.17) is 5.73 Å². The molecular formula is C17H21ClFN3O. The van der Waals surface area contributed by atoms with Crippen molar-refractivity contribution in [1.29, 1.82) is 0 Å². The zero-order valence-electron chi connectivity index (χ0n) is 13.3. The van der Waals surface area contributed by atoms with Crippen LogP contribution in [0.2, 0.25) is 0 Å². The molecule has 4 nitrogen and oxygen atoms in total. The molecule has 1 aromatic heterocycles. The van der Waals surface area contributed by atoms with Gasteiger partial charge in [-0.2, -0.15) is 0 Å². The predicted molar refractivity (Wildman–Crippen MR) is 92.0 cm³/mol. The number of amides is 1. The summed E-state index contributed by atoms with van der Waals surface area (Å²) in [4.78, 5) is 16.4. The van der Waals surface area contributed by atoms with Crippen LogP contribution in [0.25, 0.3) is 0 Å². The van der Waals surface area contributed by atoms with Gasteiger partial charge in [-0.15, -0.1) is 12.4 Å². The van der Waals surface area contributed by atoms with Crippen molar-refractivity contribution in [1.82, 2.24) is 10.3 Å². The summed E-state index contributed by atoms with van der Waals surface area (Å²) in [5.41, 5.74) is 6.98. The highest BCUT2D eigenvalue weighted by Crippen LogP contribution is 2.33. The third kappa shape index (κ3) is 4.93. The first-order valence-electron chi connectivity index (χ1n) is 7.05. The number of carbonyl (C=O) groups is 1. The van der Waals surface area contributed by atoms with Gasteiger partial charge >= 0.3 is 0 Å². The summed E-state index contributed by atoms with van der Waals surface area (Å²) >= 11 is 0. The SMILES string of the molecule is CC(C)(C)C(NC(=O)c1ccc(N)cn1)c1ccc(F)cc1.Cl. The van der Waals surface area contributed by atoms with Gasteiger partial charge in [0.25, 0.3) is 5.91 Å². The molecule has 1 amide bonds. The van der Waals surface area contributed by atoms with Gasteiger partial charge in [0.1, 0.15) is 11.5 Å². The molecule has 23 heavy (non-hydrogen) atoms. The fourth-order valence-electron chi connectivity index (χ4n) is 2.20. The molecule has 124 valence electrons. The normalized spacial score (nSPS) is 12.2. The van der Waals surface area contributed by atoms with Crippen LogP contribution in [0.3, 0.4) is 0 Å². The first-order valence-corrected chi connectivity index (χ1v) is 7.05. The number of nitrogens with zero attached hydrogens (tertiary/aromatic N) is 1. The van der Waals surface area contributed by atoms with Crippen molar-refractivity contribution in [3.05, 3.63) is 59.7 Å². The topological polar surface area (TPSA) is 68.0 Å². The van der Waals surface area contributed by atoms with Crippen LogP contribution in [-0.4, -0.2) is 10.9 Å². The van der Waals surface area contributed by atoms with Gasteiger partial charge in [-0.3, -0.25) is 4.79 Å². The van der Waals surface area contributed by atoms with E-state index < -0.39 is 0 Å². The molecule has 2 aromatic rings. The van der Waals surface area contributed by atoms with Gasteiger partial charge in [-0.1, -0.05) is 32.9 Å². The zero-order valence-corrected chi connectivity index (χ0v) is 14.2. The van der Waals surface area contributed by atoms with Gasteiger partial charge in [-0.25, -0.2) is 9.37 Å². The number of nitrogens with one attached hydrogen (secondary N) is 1. The van der Waals surface area contributed by atoms with E-state index in [9.17, 15) is 9.18 Å². The highest BCUT2D eigenvalue weighted by molar-refractivity contribution is 5.92. The third-order valence-corrected chi connectivity index (χ3v) is 3.36. The molecular weight excluding hydrogens is 317 g/mol. The van der Waals surface area contributed by atoms with Crippen LogP contribution in [0.5, 0.6) is 0 Å². The number of anilines is 1. The molecule has 1 atom stereocenters. The Bertz CT molecular complexity index is 651. The van der Waals surface area contributed by atoms with Crippen LogP contribution >= 0.6 is 12.4 Å². The molecule has 0 saturated heterocycles. The largest absolute Gasteiger partial charge is 0.397 e. The summed E-state index contributed by atoms with van der Waals surface area (Å²) in [5.74, 6) is -0.591. The molecule has 1 aromatic carbocycles. The monoisotopic (exact) mass is 337 g/mol. The van der Waals surface area contributed by atoms with Gasteiger partial charge in [0.05, 0.1) is 17.9 Å². The number of halogens is 2. The van der Waals surface area contributed by atoms with Crippen molar-refractivity contribution >= 4 is 24.0 Å². The van der Waals surface area contributed by atoms with Gasteiger partial charge in [0, 0.05) is 0 Å². The number of aromatic nitrogens is 1. The molecule has 0 fully saturated rings. The number of nitrogen functional groups attached to an aromatic ring is 1. The Morgan fingerprint density at radius 2 is 1.78 bits per heavy atom. The van der Waals surface area contributed by atoms with Crippen molar-refractivity contribution in [2.24, 2.45) is 5.41 Å². The van der Waals surface area contributed by atoms with Crippen LogP contribution < -0.4 is 11.1 Å². The number of hydrogen-bond acceptors (Lipinski definition) is 3. The smallest absolute Gasteiger partial charge is 0.270 e. The maximum Gasteiger partial charge on any atom is 0.270 e. The number of benzene rings is 1. The summed E-state index contributed by atoms with van der Waals surface area (Å²) in [6, 6.07) is 9.09. The van der Waals surface area contributed by atoms with Gasteiger partial charge in [-0.05, 0) is 35.2 Å². The molecule has 1 unspecified atom stereocenters. The van der Waals surface area contributed by atoms with Gasteiger partial charge in [0.15, 0.2) is 0 Å². The molecule has 6 heteroatoms. The molecule has 0 aliphatic heterocycles. The average Bonchev–Trinajstić information content (AvgIpc) is 2.45. The molecule has 2 rings (SSSR count). The summed E-state index contributed by atoms with van der Waals surface area (Å²) in [5, 5.41) is 2.96. The Kier molecular flexibility index (Phi) is 6.10. The van der Waals surface area contributed by atoms with E-state index in [1.54, 1.807) is 24.3 Å². The van der Waals surface area contributed by atoms with Crippen LogP contribution in [0, 0.1) is 11.2 Å². The van der Waals surface area contributed by atoms with E-state index >= 15 is 0 Å². The van der Waals surface area contributed by atoms with E-state index in [0.717, 1.165) is 5.56 Å². The van der Waals surface area contributed by atoms with Gasteiger partial charge in [0.2, 0.25) is 0 Å². The van der Waals surface area contributed by atoms with Crippen LogP contribution in [0.4, 0.5) is 10.1 Å². The van der Waals surface area contributed by atoms with Crippen molar-refractivity contribution < 1.29 is 9.18 Å². The summed E-state index contributed by atoms with van der Waals surface area (Å²) in [6.45, 7) is 6.03. The minimum atomic E-state index is -0.303. The number of nitrogens with two attached hydrogens (primary N) is 1. The molecule has 0 aliphatic rings. The fourth-order valence-corrected chi connectivity index (χ4v) is 2.20. The average molecular weight is 338 g/mol. The highest BCUT2D eigenvalue weighted by Gasteiger charge is 2.28. The van der Waals surface area contributed by atoms with Crippen LogP contribution in [0.1, 0.15) is 42.9 Å². The Balaban J connectivity index is 0.00000264. The van der Waals surface area contributed by atoms with Crippen molar-refractivity contribution in [3.63, 3.8) is 0 Å². The molecule has 0 bridgehead atoms. The minimum Gasteiger partial charge on any atom is -0.397 e. The maximum absolute atomic E-state index is 13.1. The quantitative estimate of drug-likeness (QED) is 0.896. The lowest BCUT2D eigenvalue weighted by Gasteiger charge is -2.32. The zero-order chi connectivity index (χ0) is 16.3. The third-order valence-electron chi connectivity index (χ3n) is 3.36. The summed E-state index contributed by atoms with van der Waals surface area (Å²) in [6.07, 6.45) is 1.44. The first kappa shape index (κ1) is 18.9. The molecule has 3 N–H and O–H groups in total. The lowest BCUT2D eigenvalue weighted by molar-refractivity contribution is 0.0896. The van der Waals surface area contributed by atoms with E-state index in [2.05, 4.69) is 10.3 Å². The molecule has 0 spiro atoms. The molecule has 0 saturated carbocycles. The number of rotatable bonds is 3. The molecule has 1 heterocycles. The second-order valence-electron chi connectivity index (χ2n) is 6.30. The van der Waals surface area contributed by atoms with E-state index in [-0.39, 0.29) is 35.6 Å². The van der Waals surface area contributed by atoms with E-state index in [1.807, 2.05) is 20.8 Å². The predicted octanol–water partition coefficient (Wildman–Crippen LogP) is 3.74. The lowest BCUT2D eigenvalue weighted by Crippen LogP contribution is -2.37. The van der Waals surface area contributed by atoms with Crippen LogP contribution in [0.15, 0.2) is 42.6 Å². The standard InChI is InChI=1S/C17H20FN3O.ClH/c1-17(2,3)15(11-4-6-12(18)7-5-11)21-16(22)14-9-8-13(19)10-20-14;/h4-10,15H,19H2,1-3H3,(H,21,22);1H. The lowest BCUT2D eigenvalue weighted by atomic mass is 9.82. The summed E-state index contributed by atoms with van der Waals surface area (Å²) < 4.78 is 13.1. The van der Waals surface area contributed by atoms with Crippen molar-refractivity contribution in [3.8, 4) is 0 Å². The minimum absolute atomic E-state index is 0. The Hall–Kier alpha value is -2.14. The second-order valence-corrected chi connectivity index (χ2v) is 6.30. The van der Waals surface area contributed by atoms with Crippen molar-refractivity contribution in [2.75, 3.05) is 5.73 Å². The maximum atomic E-state index is 13.1. The molecule has 0 aliphatic carbocycles. The fraction of sp³-hybridized carbons (Fsp3) is 0.294. The summed E-state index contributed by atoms with van der Waals surface area (Å²) in [7, 11) is 0. The van der Waals surface area contributed by atoms with E-state index in [0.29, 0.717) is 11.4 Å². The highest BCUT2D eigenvalue weighted by atomic mass is 35.5. The Labute approximate surface area is 141 Å². The number of carbonyl (C=O) groups excluding carboxylic acids is 1. The van der Waals surface area contributed by atoms with Crippen molar-refractivity contribution in [2.45, 2.75) is 26.8 Å². The van der Waals surface area contributed by atoms with Crippen LogP contribution in [-0.2, 0) is 0 Å².